The summed E-state index contributed by atoms with van der Waals surface area (Å²) in [5.41, 5.74) is 5.42. The van der Waals surface area contributed by atoms with Gasteiger partial charge in [0.1, 0.15) is 5.82 Å². The van der Waals surface area contributed by atoms with E-state index < -0.39 is 0 Å². The first-order valence-electron chi connectivity index (χ1n) is 9.28. The molecule has 3 aromatic rings. The third-order valence-corrected chi connectivity index (χ3v) is 5.78. The van der Waals surface area contributed by atoms with Crippen LogP contribution < -0.4 is 4.80 Å². The zero-order valence-electron chi connectivity index (χ0n) is 15.6. The number of aromatic nitrogens is 1. The summed E-state index contributed by atoms with van der Waals surface area (Å²) in [6, 6.07) is 13.0. The molecule has 0 amide bonds. The van der Waals surface area contributed by atoms with Gasteiger partial charge in [-0.3, -0.25) is 0 Å². The molecule has 0 saturated carbocycles. The fraction of sp³-hybridized carbons (Fsp3) is 0.318. The van der Waals surface area contributed by atoms with Gasteiger partial charge in [-0.1, -0.05) is 17.7 Å². The van der Waals surface area contributed by atoms with Crippen LogP contribution in [0.25, 0.3) is 11.3 Å². The van der Waals surface area contributed by atoms with Gasteiger partial charge in [-0.05, 0) is 68.1 Å². The SMILES string of the molecule is Cc1ccc(N=c2scc(-c3ccc(F)cc3)n2CC2CCCO2)c(C)c1. The summed E-state index contributed by atoms with van der Waals surface area (Å²) in [5.74, 6) is -0.222. The van der Waals surface area contributed by atoms with Crippen molar-refractivity contribution in [2.75, 3.05) is 6.61 Å². The van der Waals surface area contributed by atoms with Crippen molar-refractivity contribution in [3.63, 3.8) is 0 Å². The molecule has 1 fully saturated rings. The van der Waals surface area contributed by atoms with Crippen LogP contribution in [-0.2, 0) is 11.3 Å². The molecule has 5 heteroatoms. The van der Waals surface area contributed by atoms with Crippen LogP contribution in [0.1, 0.15) is 24.0 Å². The predicted molar refractivity (Wildman–Crippen MR) is 108 cm³/mol. The van der Waals surface area contributed by atoms with Gasteiger partial charge in [0, 0.05) is 12.0 Å². The van der Waals surface area contributed by atoms with Gasteiger partial charge in [-0.15, -0.1) is 11.3 Å². The second kappa shape index (κ2) is 7.79. The molecule has 0 radical (unpaired) electrons. The Hall–Kier alpha value is -2.24. The molecule has 4 rings (SSSR count). The van der Waals surface area contributed by atoms with E-state index in [0.29, 0.717) is 0 Å². The smallest absolute Gasteiger partial charge is 0.190 e. The zero-order chi connectivity index (χ0) is 18.8. The van der Waals surface area contributed by atoms with Crippen LogP contribution in [0, 0.1) is 19.7 Å². The third kappa shape index (κ3) is 4.04. The molecule has 140 valence electrons. The molecule has 1 aliphatic rings. The lowest BCUT2D eigenvalue weighted by Crippen LogP contribution is -2.24. The molecular formula is C22H23FN2OS. The van der Waals surface area contributed by atoms with Gasteiger partial charge in [0.05, 0.1) is 24.0 Å². The minimum absolute atomic E-state index is 0.205. The third-order valence-electron chi connectivity index (χ3n) is 4.92. The van der Waals surface area contributed by atoms with E-state index in [4.69, 9.17) is 9.73 Å². The van der Waals surface area contributed by atoms with E-state index in [1.54, 1.807) is 11.3 Å². The van der Waals surface area contributed by atoms with E-state index >= 15 is 0 Å². The maximum absolute atomic E-state index is 13.4. The number of ether oxygens (including phenoxy) is 1. The van der Waals surface area contributed by atoms with Gasteiger partial charge in [0.15, 0.2) is 4.80 Å². The molecule has 1 aliphatic heterocycles. The van der Waals surface area contributed by atoms with E-state index in [0.717, 1.165) is 53.3 Å². The molecule has 3 nitrogen and oxygen atoms in total. The van der Waals surface area contributed by atoms with E-state index in [1.807, 2.05) is 12.1 Å². The Morgan fingerprint density at radius 3 is 2.70 bits per heavy atom. The molecule has 2 heterocycles. The number of nitrogens with zero attached hydrogens (tertiary/aromatic N) is 2. The number of aryl methyl sites for hydroxylation is 2. The molecule has 1 atom stereocenters. The van der Waals surface area contributed by atoms with Crippen molar-refractivity contribution >= 4 is 17.0 Å². The van der Waals surface area contributed by atoms with Gasteiger partial charge < -0.3 is 9.30 Å². The number of benzene rings is 2. The number of hydrogen-bond acceptors (Lipinski definition) is 3. The van der Waals surface area contributed by atoms with E-state index in [2.05, 4.69) is 42.0 Å². The van der Waals surface area contributed by atoms with Crippen LogP contribution in [0.15, 0.2) is 52.8 Å². The van der Waals surface area contributed by atoms with Crippen molar-refractivity contribution in [1.82, 2.24) is 4.57 Å². The molecule has 2 aromatic carbocycles. The lowest BCUT2D eigenvalue weighted by atomic mass is 10.1. The van der Waals surface area contributed by atoms with Crippen LogP contribution in [0.2, 0.25) is 0 Å². The molecule has 1 unspecified atom stereocenters. The predicted octanol–water partition coefficient (Wildman–Crippen LogP) is 5.38. The Bertz CT molecular complexity index is 998. The molecule has 0 N–H and O–H groups in total. The van der Waals surface area contributed by atoms with Crippen LogP contribution in [0.3, 0.4) is 0 Å². The van der Waals surface area contributed by atoms with Crippen LogP contribution in [0.5, 0.6) is 0 Å². The summed E-state index contributed by atoms with van der Waals surface area (Å²) < 4.78 is 21.4. The van der Waals surface area contributed by atoms with Crippen molar-refractivity contribution in [2.45, 2.75) is 39.3 Å². The average molecular weight is 383 g/mol. The lowest BCUT2D eigenvalue weighted by Gasteiger charge is -2.14. The second-order valence-corrected chi connectivity index (χ2v) is 7.89. The molecule has 1 aromatic heterocycles. The summed E-state index contributed by atoms with van der Waals surface area (Å²) in [6.45, 7) is 5.77. The molecule has 0 spiro atoms. The van der Waals surface area contributed by atoms with E-state index in [-0.39, 0.29) is 11.9 Å². The fourth-order valence-electron chi connectivity index (χ4n) is 3.47. The zero-order valence-corrected chi connectivity index (χ0v) is 16.4. The van der Waals surface area contributed by atoms with Crippen LogP contribution in [0.4, 0.5) is 10.1 Å². The molecule has 1 saturated heterocycles. The Morgan fingerprint density at radius 1 is 1.19 bits per heavy atom. The summed E-state index contributed by atoms with van der Waals surface area (Å²) in [7, 11) is 0. The first kappa shape index (κ1) is 18.1. The number of halogens is 1. The molecule has 27 heavy (non-hydrogen) atoms. The summed E-state index contributed by atoms with van der Waals surface area (Å²) >= 11 is 1.61. The van der Waals surface area contributed by atoms with Gasteiger partial charge in [0.25, 0.3) is 0 Å². The average Bonchev–Trinajstić information content (AvgIpc) is 3.29. The molecule has 0 bridgehead atoms. The monoisotopic (exact) mass is 382 g/mol. The quantitative estimate of drug-likeness (QED) is 0.595. The number of thiazole rings is 1. The number of rotatable bonds is 4. The highest BCUT2D eigenvalue weighted by atomic mass is 32.1. The normalized spacial score (nSPS) is 17.6. The van der Waals surface area contributed by atoms with Gasteiger partial charge in [-0.25, -0.2) is 9.38 Å². The molecule has 0 aliphatic carbocycles. The summed E-state index contributed by atoms with van der Waals surface area (Å²) in [5, 5.41) is 2.10. The first-order valence-corrected chi connectivity index (χ1v) is 10.2. The Balaban J connectivity index is 1.80. The standard InChI is InChI=1S/C22H23FN2OS/c1-15-5-10-20(16(2)12-15)24-22-25(13-19-4-3-11-26-19)21(14-27-22)17-6-8-18(23)9-7-17/h5-10,12,14,19H,3-4,11,13H2,1-2H3. The topological polar surface area (TPSA) is 26.5 Å². The summed E-state index contributed by atoms with van der Waals surface area (Å²) in [4.78, 5) is 5.88. The van der Waals surface area contributed by atoms with Crippen LogP contribution in [-0.4, -0.2) is 17.3 Å². The maximum Gasteiger partial charge on any atom is 0.190 e. The van der Waals surface area contributed by atoms with Crippen molar-refractivity contribution in [3.8, 4) is 11.3 Å². The minimum Gasteiger partial charge on any atom is -0.376 e. The Labute approximate surface area is 162 Å². The molecular weight excluding hydrogens is 359 g/mol. The van der Waals surface area contributed by atoms with Crippen molar-refractivity contribution in [1.29, 1.82) is 0 Å². The van der Waals surface area contributed by atoms with Gasteiger partial charge in [0.2, 0.25) is 0 Å². The Kier molecular flexibility index (Phi) is 5.23. The van der Waals surface area contributed by atoms with E-state index in [9.17, 15) is 4.39 Å². The highest BCUT2D eigenvalue weighted by Gasteiger charge is 2.19. The van der Waals surface area contributed by atoms with Crippen molar-refractivity contribution < 1.29 is 9.13 Å². The highest BCUT2D eigenvalue weighted by Crippen LogP contribution is 2.24. The fourth-order valence-corrected chi connectivity index (χ4v) is 4.40. The van der Waals surface area contributed by atoms with E-state index in [1.165, 1.54) is 17.7 Å². The number of hydrogen-bond donors (Lipinski definition) is 0. The van der Waals surface area contributed by atoms with Gasteiger partial charge >= 0.3 is 0 Å². The second-order valence-electron chi connectivity index (χ2n) is 7.06. The first-order chi connectivity index (χ1) is 13.1. The minimum atomic E-state index is -0.222. The lowest BCUT2D eigenvalue weighted by molar-refractivity contribution is 0.0968. The Morgan fingerprint density at radius 2 is 2.00 bits per heavy atom. The van der Waals surface area contributed by atoms with Crippen LogP contribution >= 0.6 is 11.3 Å². The van der Waals surface area contributed by atoms with Crippen molar-refractivity contribution in [3.05, 3.63) is 69.6 Å². The highest BCUT2D eigenvalue weighted by molar-refractivity contribution is 7.07. The maximum atomic E-state index is 13.4. The van der Waals surface area contributed by atoms with Crippen molar-refractivity contribution in [2.24, 2.45) is 4.99 Å². The largest absolute Gasteiger partial charge is 0.376 e. The van der Waals surface area contributed by atoms with Gasteiger partial charge in [-0.2, -0.15) is 0 Å². The summed E-state index contributed by atoms with van der Waals surface area (Å²) in [6.07, 6.45) is 2.37.